The summed E-state index contributed by atoms with van der Waals surface area (Å²) in [6, 6.07) is 3.93. The van der Waals surface area contributed by atoms with Gasteiger partial charge >= 0.3 is 0 Å². The van der Waals surface area contributed by atoms with Gasteiger partial charge in [0, 0.05) is 21.4 Å². The van der Waals surface area contributed by atoms with Crippen molar-refractivity contribution in [3.05, 3.63) is 39.6 Å². The quantitative estimate of drug-likeness (QED) is 0.792. The largest absolute Gasteiger partial charge is 0.350 e. The second kappa shape index (κ2) is 5.90. The maximum atomic E-state index is 12.8. The fraction of sp³-hybridized carbons (Fsp3) is 0.312. The van der Waals surface area contributed by atoms with Crippen LogP contribution in [-0.4, -0.2) is 21.0 Å². The number of aromatic nitrogens is 2. The topological polar surface area (TPSA) is 64.0 Å². The molecule has 7 heteroatoms. The first-order valence-corrected chi connectivity index (χ1v) is 8.92. The fourth-order valence-electron chi connectivity index (χ4n) is 2.31. The summed E-state index contributed by atoms with van der Waals surface area (Å²) in [4.78, 5) is 30.9. The van der Waals surface area contributed by atoms with Crippen LogP contribution in [-0.2, 0) is 11.3 Å². The molecule has 0 unspecified atom stereocenters. The van der Waals surface area contributed by atoms with E-state index in [0.29, 0.717) is 10.2 Å². The van der Waals surface area contributed by atoms with Crippen molar-refractivity contribution in [3.8, 4) is 10.4 Å². The van der Waals surface area contributed by atoms with E-state index in [9.17, 15) is 9.59 Å². The van der Waals surface area contributed by atoms with Crippen molar-refractivity contribution in [2.75, 3.05) is 0 Å². The first-order chi connectivity index (χ1) is 10.8. The fourth-order valence-corrected chi connectivity index (χ4v) is 4.03. The van der Waals surface area contributed by atoms with Crippen molar-refractivity contribution >= 4 is 38.8 Å². The van der Waals surface area contributed by atoms with E-state index in [1.807, 2.05) is 43.7 Å². The van der Waals surface area contributed by atoms with E-state index in [1.165, 1.54) is 22.2 Å². The van der Waals surface area contributed by atoms with Crippen LogP contribution >= 0.6 is 22.7 Å². The van der Waals surface area contributed by atoms with Crippen LogP contribution in [0.3, 0.4) is 0 Å². The third-order valence-corrected chi connectivity index (χ3v) is 4.97. The minimum absolute atomic E-state index is 0.0290. The van der Waals surface area contributed by atoms with Gasteiger partial charge in [0.15, 0.2) is 0 Å². The number of hydrogen-bond acceptors (Lipinski definition) is 5. The molecule has 0 aliphatic rings. The Balaban J connectivity index is 2.00. The summed E-state index contributed by atoms with van der Waals surface area (Å²) in [5.41, 5.74) is 0.384. The van der Waals surface area contributed by atoms with Crippen molar-refractivity contribution in [1.29, 1.82) is 0 Å². The van der Waals surface area contributed by atoms with Gasteiger partial charge in [0.05, 0.1) is 11.7 Å². The van der Waals surface area contributed by atoms with Gasteiger partial charge in [-0.15, -0.1) is 22.7 Å². The molecule has 0 bridgehead atoms. The molecule has 0 aliphatic heterocycles. The van der Waals surface area contributed by atoms with Crippen LogP contribution in [0.4, 0.5) is 0 Å². The summed E-state index contributed by atoms with van der Waals surface area (Å²) in [5.74, 6) is -0.200. The van der Waals surface area contributed by atoms with Gasteiger partial charge < -0.3 is 5.32 Å². The number of thiophene rings is 2. The predicted octanol–water partition coefficient (Wildman–Crippen LogP) is 3.10. The molecule has 0 atom stereocenters. The second-order valence-electron chi connectivity index (χ2n) is 6.28. The third kappa shape index (κ3) is 3.35. The van der Waals surface area contributed by atoms with Crippen LogP contribution in [0, 0.1) is 0 Å². The van der Waals surface area contributed by atoms with E-state index in [0.717, 1.165) is 10.4 Å². The highest BCUT2D eigenvalue weighted by molar-refractivity contribution is 7.18. The van der Waals surface area contributed by atoms with Gasteiger partial charge in [0.25, 0.3) is 5.56 Å². The van der Waals surface area contributed by atoms with Crippen molar-refractivity contribution in [3.63, 3.8) is 0 Å². The van der Waals surface area contributed by atoms with E-state index in [1.54, 1.807) is 11.3 Å². The van der Waals surface area contributed by atoms with Crippen LogP contribution in [0.2, 0.25) is 0 Å². The van der Waals surface area contributed by atoms with Crippen molar-refractivity contribution in [2.24, 2.45) is 0 Å². The van der Waals surface area contributed by atoms with Gasteiger partial charge in [0.2, 0.25) is 5.91 Å². The molecular formula is C16H17N3O2S2. The SMILES string of the molecule is CC(C)(C)NC(=O)Cn1cnc2scc(-c3cccs3)c2c1=O. The molecule has 3 rings (SSSR count). The van der Waals surface area contributed by atoms with Crippen LogP contribution in [0.1, 0.15) is 20.8 Å². The summed E-state index contributed by atoms with van der Waals surface area (Å²) >= 11 is 3.03. The van der Waals surface area contributed by atoms with Gasteiger partial charge in [-0.05, 0) is 32.2 Å². The number of rotatable bonds is 3. The van der Waals surface area contributed by atoms with Gasteiger partial charge in [-0.1, -0.05) is 6.07 Å². The van der Waals surface area contributed by atoms with Crippen LogP contribution < -0.4 is 10.9 Å². The zero-order valence-electron chi connectivity index (χ0n) is 13.1. The molecule has 3 aromatic rings. The summed E-state index contributed by atoms with van der Waals surface area (Å²) in [7, 11) is 0. The zero-order chi connectivity index (χ0) is 16.6. The van der Waals surface area contributed by atoms with Crippen molar-refractivity contribution < 1.29 is 4.79 Å². The Morgan fingerprint density at radius 2 is 2.13 bits per heavy atom. The molecule has 0 saturated heterocycles. The number of carbonyl (C=O) groups is 1. The molecule has 3 heterocycles. The minimum Gasteiger partial charge on any atom is -0.350 e. The lowest BCUT2D eigenvalue weighted by molar-refractivity contribution is -0.123. The average Bonchev–Trinajstić information content (AvgIpc) is 3.08. The summed E-state index contributed by atoms with van der Waals surface area (Å²) in [6.45, 7) is 5.69. The van der Waals surface area contributed by atoms with Crippen molar-refractivity contribution in [2.45, 2.75) is 32.9 Å². The number of nitrogens with one attached hydrogen (secondary N) is 1. The Bertz CT molecular complexity index is 902. The molecule has 120 valence electrons. The van der Waals surface area contributed by atoms with Gasteiger partial charge in [-0.2, -0.15) is 0 Å². The van der Waals surface area contributed by atoms with E-state index in [-0.39, 0.29) is 23.6 Å². The number of carbonyl (C=O) groups excluding carboxylic acids is 1. The lowest BCUT2D eigenvalue weighted by Gasteiger charge is -2.20. The highest BCUT2D eigenvalue weighted by atomic mass is 32.1. The highest BCUT2D eigenvalue weighted by Crippen LogP contribution is 2.33. The average molecular weight is 347 g/mol. The Morgan fingerprint density at radius 3 is 2.78 bits per heavy atom. The maximum Gasteiger partial charge on any atom is 0.263 e. The number of amides is 1. The standard InChI is InChI=1S/C16H17N3O2S2/c1-16(2,3)18-12(20)7-19-9-17-14-13(15(19)21)10(8-23-14)11-5-4-6-22-11/h4-6,8-9H,7H2,1-3H3,(H,18,20). The van der Waals surface area contributed by atoms with Gasteiger partial charge in [0.1, 0.15) is 11.4 Å². The van der Waals surface area contributed by atoms with Crippen LogP contribution in [0.25, 0.3) is 20.7 Å². The van der Waals surface area contributed by atoms with Crippen LogP contribution in [0.15, 0.2) is 34.0 Å². The molecule has 0 aliphatic carbocycles. The smallest absolute Gasteiger partial charge is 0.263 e. The molecule has 0 saturated carbocycles. The van der Waals surface area contributed by atoms with Gasteiger partial charge in [-0.3, -0.25) is 14.2 Å². The zero-order valence-corrected chi connectivity index (χ0v) is 14.8. The lowest BCUT2D eigenvalue weighted by atomic mass is 10.1. The third-order valence-electron chi connectivity index (χ3n) is 3.18. The Labute approximate surface area is 141 Å². The molecule has 0 radical (unpaired) electrons. The minimum atomic E-state index is -0.331. The van der Waals surface area contributed by atoms with Crippen molar-refractivity contribution in [1.82, 2.24) is 14.9 Å². The monoisotopic (exact) mass is 347 g/mol. The van der Waals surface area contributed by atoms with E-state index < -0.39 is 0 Å². The van der Waals surface area contributed by atoms with E-state index >= 15 is 0 Å². The predicted molar refractivity (Wildman–Crippen MR) is 95.1 cm³/mol. The number of nitrogens with zero attached hydrogens (tertiary/aromatic N) is 2. The Morgan fingerprint density at radius 1 is 1.35 bits per heavy atom. The maximum absolute atomic E-state index is 12.8. The Hall–Kier alpha value is -1.99. The highest BCUT2D eigenvalue weighted by Gasteiger charge is 2.17. The molecule has 0 fully saturated rings. The van der Waals surface area contributed by atoms with E-state index in [2.05, 4.69) is 10.3 Å². The summed E-state index contributed by atoms with van der Waals surface area (Å²) < 4.78 is 1.37. The molecular weight excluding hydrogens is 330 g/mol. The van der Waals surface area contributed by atoms with E-state index in [4.69, 9.17) is 0 Å². The first kappa shape index (κ1) is 15.9. The molecule has 1 amide bonds. The summed E-state index contributed by atoms with van der Waals surface area (Å²) in [5, 5.41) is 7.37. The summed E-state index contributed by atoms with van der Waals surface area (Å²) in [6.07, 6.45) is 1.45. The molecule has 0 aromatic carbocycles. The molecule has 23 heavy (non-hydrogen) atoms. The molecule has 0 spiro atoms. The Kier molecular flexibility index (Phi) is 4.08. The molecule has 1 N–H and O–H groups in total. The van der Waals surface area contributed by atoms with Gasteiger partial charge in [-0.25, -0.2) is 4.98 Å². The first-order valence-electron chi connectivity index (χ1n) is 7.17. The normalized spacial score (nSPS) is 11.8. The molecule has 3 aromatic heterocycles. The molecule has 5 nitrogen and oxygen atoms in total. The lowest BCUT2D eigenvalue weighted by Crippen LogP contribution is -2.43. The number of hydrogen-bond donors (Lipinski definition) is 1. The number of fused-ring (bicyclic) bond motifs is 1. The van der Waals surface area contributed by atoms with Crippen LogP contribution in [0.5, 0.6) is 0 Å². The second-order valence-corrected chi connectivity index (χ2v) is 8.09.